The summed E-state index contributed by atoms with van der Waals surface area (Å²) < 4.78 is 4.86. The van der Waals surface area contributed by atoms with E-state index in [1.807, 2.05) is 13.8 Å². The molecule has 0 saturated carbocycles. The molecule has 0 heterocycles. The molecular formula is C16H28N4O4. The fourth-order valence-corrected chi connectivity index (χ4v) is 2.44. The SMILES string of the molecule is CCN(CC)C(=O)C(/C(C)=N/NC(N)=O)C(C)C(=O)/C(C)=C/OC. The van der Waals surface area contributed by atoms with Gasteiger partial charge in [-0.1, -0.05) is 6.92 Å². The van der Waals surface area contributed by atoms with Crippen LogP contribution in [0.3, 0.4) is 0 Å². The Morgan fingerprint density at radius 2 is 1.79 bits per heavy atom. The van der Waals surface area contributed by atoms with E-state index in [2.05, 4.69) is 10.5 Å². The van der Waals surface area contributed by atoms with Gasteiger partial charge in [0.05, 0.1) is 19.3 Å². The number of primary amides is 1. The third-order valence-corrected chi connectivity index (χ3v) is 3.73. The standard InChI is InChI=1S/C16H28N4O4/c1-7-20(8-2)15(22)13(12(5)18-19-16(17)23)11(4)14(21)10(3)9-24-6/h9,11,13H,7-8H2,1-6H3,(H3,17,19,23)/b10-9+,18-12+. The minimum Gasteiger partial charge on any atom is -0.504 e. The molecule has 0 spiro atoms. The van der Waals surface area contributed by atoms with E-state index in [4.69, 9.17) is 10.5 Å². The maximum Gasteiger partial charge on any atom is 0.332 e. The number of methoxy groups -OCH3 is 1. The summed E-state index contributed by atoms with van der Waals surface area (Å²) >= 11 is 0. The number of urea groups is 1. The molecule has 8 nitrogen and oxygen atoms in total. The molecule has 0 aromatic rings. The number of Topliss-reactive ketones (excluding diaryl/α,β-unsaturated/α-hetero) is 1. The van der Waals surface area contributed by atoms with Crippen molar-refractivity contribution in [3.8, 4) is 0 Å². The number of amides is 3. The Bertz CT molecular complexity index is 524. The minimum atomic E-state index is -0.835. The number of hydrogen-bond acceptors (Lipinski definition) is 5. The first-order valence-electron chi connectivity index (χ1n) is 7.83. The predicted molar refractivity (Wildman–Crippen MR) is 92.2 cm³/mol. The lowest BCUT2D eigenvalue weighted by molar-refractivity contribution is -0.137. The summed E-state index contributed by atoms with van der Waals surface area (Å²) in [5.74, 6) is -1.91. The number of hydrogen-bond donors (Lipinski definition) is 2. The number of ether oxygens (including phenoxy) is 1. The Hall–Kier alpha value is -2.38. The first-order chi connectivity index (χ1) is 11.2. The van der Waals surface area contributed by atoms with Crippen molar-refractivity contribution in [2.45, 2.75) is 34.6 Å². The topological polar surface area (TPSA) is 114 Å². The molecule has 0 aliphatic carbocycles. The Morgan fingerprint density at radius 3 is 2.21 bits per heavy atom. The number of nitrogens with zero attached hydrogens (tertiary/aromatic N) is 2. The zero-order valence-electron chi connectivity index (χ0n) is 15.3. The fourth-order valence-electron chi connectivity index (χ4n) is 2.44. The van der Waals surface area contributed by atoms with Gasteiger partial charge in [-0.3, -0.25) is 9.59 Å². The zero-order valence-corrected chi connectivity index (χ0v) is 15.3. The lowest BCUT2D eigenvalue weighted by Gasteiger charge is -2.28. The van der Waals surface area contributed by atoms with Gasteiger partial charge in [-0.05, 0) is 27.7 Å². The Morgan fingerprint density at radius 1 is 1.25 bits per heavy atom. The molecule has 0 rings (SSSR count). The molecule has 3 amide bonds. The minimum absolute atomic E-state index is 0.224. The van der Waals surface area contributed by atoms with E-state index in [0.29, 0.717) is 24.4 Å². The number of carbonyl (C=O) groups is 3. The fraction of sp³-hybridized carbons (Fsp3) is 0.625. The highest BCUT2D eigenvalue weighted by Gasteiger charge is 2.35. The molecule has 0 aliphatic heterocycles. The molecule has 0 aromatic heterocycles. The van der Waals surface area contributed by atoms with Crippen LogP contribution in [-0.2, 0) is 14.3 Å². The summed E-state index contributed by atoms with van der Waals surface area (Å²) in [7, 11) is 1.45. The van der Waals surface area contributed by atoms with E-state index in [1.165, 1.54) is 13.4 Å². The van der Waals surface area contributed by atoms with Crippen LogP contribution in [0.5, 0.6) is 0 Å². The molecule has 136 valence electrons. The summed E-state index contributed by atoms with van der Waals surface area (Å²) in [6.07, 6.45) is 1.34. The van der Waals surface area contributed by atoms with Crippen molar-refractivity contribution in [3.63, 3.8) is 0 Å². The monoisotopic (exact) mass is 340 g/mol. The second kappa shape index (κ2) is 10.4. The first-order valence-corrected chi connectivity index (χ1v) is 7.83. The average molecular weight is 340 g/mol. The zero-order chi connectivity index (χ0) is 18.9. The van der Waals surface area contributed by atoms with Crippen LogP contribution in [-0.4, -0.2) is 48.5 Å². The van der Waals surface area contributed by atoms with Crippen molar-refractivity contribution in [2.24, 2.45) is 22.7 Å². The molecule has 2 atom stereocenters. The highest BCUT2D eigenvalue weighted by molar-refractivity contribution is 6.09. The number of nitrogens with two attached hydrogens (primary N) is 1. The van der Waals surface area contributed by atoms with Gasteiger partial charge < -0.3 is 15.4 Å². The molecule has 0 fully saturated rings. The number of allylic oxidation sites excluding steroid dienone is 1. The van der Waals surface area contributed by atoms with Gasteiger partial charge >= 0.3 is 6.03 Å². The molecule has 2 unspecified atom stereocenters. The van der Waals surface area contributed by atoms with Gasteiger partial charge in [0.15, 0.2) is 5.78 Å². The van der Waals surface area contributed by atoms with Gasteiger partial charge in [0, 0.05) is 30.3 Å². The van der Waals surface area contributed by atoms with Gasteiger partial charge in [0.1, 0.15) is 0 Å². The van der Waals surface area contributed by atoms with E-state index >= 15 is 0 Å². The van der Waals surface area contributed by atoms with Gasteiger partial charge in [-0.25, -0.2) is 10.2 Å². The Kier molecular flexibility index (Phi) is 9.37. The number of rotatable bonds is 9. The third kappa shape index (κ3) is 6.02. The predicted octanol–water partition coefficient (Wildman–Crippen LogP) is 1.27. The Balaban J connectivity index is 5.73. The molecule has 0 aliphatic rings. The third-order valence-electron chi connectivity index (χ3n) is 3.73. The van der Waals surface area contributed by atoms with Crippen LogP contribution in [0.15, 0.2) is 16.9 Å². The van der Waals surface area contributed by atoms with Crippen LogP contribution in [0.1, 0.15) is 34.6 Å². The van der Waals surface area contributed by atoms with E-state index in [1.54, 1.807) is 25.7 Å². The lowest BCUT2D eigenvalue weighted by atomic mass is 9.83. The van der Waals surface area contributed by atoms with Crippen LogP contribution >= 0.6 is 0 Å². The summed E-state index contributed by atoms with van der Waals surface area (Å²) in [6.45, 7) is 9.60. The van der Waals surface area contributed by atoms with E-state index in [0.717, 1.165) is 0 Å². The summed E-state index contributed by atoms with van der Waals surface area (Å²) in [5, 5.41) is 3.85. The van der Waals surface area contributed by atoms with Crippen LogP contribution in [0.4, 0.5) is 4.79 Å². The maximum atomic E-state index is 12.8. The van der Waals surface area contributed by atoms with Gasteiger partial charge in [0.25, 0.3) is 0 Å². The van der Waals surface area contributed by atoms with Crippen molar-refractivity contribution in [2.75, 3.05) is 20.2 Å². The number of nitrogens with one attached hydrogen (secondary N) is 1. The highest BCUT2D eigenvalue weighted by Crippen LogP contribution is 2.21. The molecule has 0 bridgehead atoms. The van der Waals surface area contributed by atoms with Crippen molar-refractivity contribution in [1.82, 2.24) is 10.3 Å². The number of carbonyl (C=O) groups excluding carboxylic acids is 3. The summed E-state index contributed by atoms with van der Waals surface area (Å²) in [6, 6.07) is -0.835. The largest absolute Gasteiger partial charge is 0.504 e. The molecule has 24 heavy (non-hydrogen) atoms. The smallest absolute Gasteiger partial charge is 0.332 e. The van der Waals surface area contributed by atoms with Crippen LogP contribution in [0.25, 0.3) is 0 Å². The maximum absolute atomic E-state index is 12.8. The van der Waals surface area contributed by atoms with Gasteiger partial charge in [-0.15, -0.1) is 0 Å². The van der Waals surface area contributed by atoms with Crippen LogP contribution in [0.2, 0.25) is 0 Å². The first kappa shape index (κ1) is 21.6. The average Bonchev–Trinajstić information content (AvgIpc) is 2.53. The lowest BCUT2D eigenvalue weighted by Crippen LogP contribution is -2.44. The molecular weight excluding hydrogens is 312 g/mol. The van der Waals surface area contributed by atoms with Crippen molar-refractivity contribution < 1.29 is 19.1 Å². The Labute approximate surface area is 143 Å². The quantitative estimate of drug-likeness (QED) is 0.285. The van der Waals surface area contributed by atoms with Crippen LogP contribution in [0, 0.1) is 11.8 Å². The van der Waals surface area contributed by atoms with Gasteiger partial charge in [0.2, 0.25) is 5.91 Å². The van der Waals surface area contributed by atoms with Crippen LogP contribution < -0.4 is 11.2 Å². The van der Waals surface area contributed by atoms with Crippen molar-refractivity contribution >= 4 is 23.4 Å². The second-order valence-electron chi connectivity index (χ2n) is 5.41. The number of hydrazone groups is 1. The van der Waals surface area contributed by atoms with Crippen molar-refractivity contribution in [3.05, 3.63) is 11.8 Å². The molecule has 0 radical (unpaired) electrons. The van der Waals surface area contributed by atoms with E-state index in [9.17, 15) is 14.4 Å². The second-order valence-corrected chi connectivity index (χ2v) is 5.41. The summed E-state index contributed by atoms with van der Waals surface area (Å²) in [4.78, 5) is 37.8. The number of ketones is 1. The van der Waals surface area contributed by atoms with Gasteiger partial charge in [-0.2, -0.15) is 5.10 Å². The normalized spacial score (nSPS) is 14.6. The van der Waals surface area contributed by atoms with Crippen molar-refractivity contribution in [1.29, 1.82) is 0 Å². The molecule has 3 N–H and O–H groups in total. The van der Waals surface area contributed by atoms with E-state index < -0.39 is 17.9 Å². The highest BCUT2D eigenvalue weighted by atomic mass is 16.5. The summed E-state index contributed by atoms with van der Waals surface area (Å²) in [5.41, 5.74) is 7.83. The molecule has 0 saturated heterocycles. The molecule has 8 heteroatoms. The molecule has 0 aromatic carbocycles. The van der Waals surface area contributed by atoms with E-state index in [-0.39, 0.29) is 11.7 Å².